The third kappa shape index (κ3) is 4.91. The number of nitrogens with zero attached hydrogens (tertiary/aromatic N) is 1. The average molecular weight is 263 g/mol. The van der Waals surface area contributed by atoms with Crippen molar-refractivity contribution in [2.45, 2.75) is 39.8 Å². The number of nitrogens with one attached hydrogen (secondary N) is 1. The van der Waals surface area contributed by atoms with E-state index < -0.39 is 0 Å². The van der Waals surface area contributed by atoms with E-state index in [1.165, 1.54) is 5.56 Å². The summed E-state index contributed by atoms with van der Waals surface area (Å²) in [5, 5.41) is 3.40. The van der Waals surface area contributed by atoms with Crippen LogP contribution in [0.1, 0.15) is 32.8 Å². The van der Waals surface area contributed by atoms with E-state index in [1.54, 1.807) is 0 Å². The zero-order valence-electron chi connectivity index (χ0n) is 12.1. The highest BCUT2D eigenvalue weighted by Gasteiger charge is 2.15. The quantitative estimate of drug-likeness (QED) is 0.704. The van der Waals surface area contributed by atoms with Crippen molar-refractivity contribution in [2.24, 2.45) is 5.73 Å². The molecule has 0 saturated carbocycles. The third-order valence-corrected chi connectivity index (χ3v) is 2.99. The van der Waals surface area contributed by atoms with E-state index >= 15 is 0 Å². The molecule has 0 atom stereocenters. The van der Waals surface area contributed by atoms with Crippen molar-refractivity contribution >= 4 is 11.6 Å². The molecule has 0 aromatic heterocycles. The highest BCUT2D eigenvalue weighted by Crippen LogP contribution is 2.22. The molecule has 1 rings (SSSR count). The van der Waals surface area contributed by atoms with Crippen LogP contribution < -0.4 is 16.0 Å². The van der Waals surface area contributed by atoms with E-state index in [2.05, 4.69) is 32.2 Å². The lowest BCUT2D eigenvalue weighted by Gasteiger charge is -2.29. The number of amides is 1. The van der Waals surface area contributed by atoms with Crippen LogP contribution in [0, 0.1) is 0 Å². The fourth-order valence-electron chi connectivity index (χ4n) is 2.05. The van der Waals surface area contributed by atoms with Crippen LogP contribution in [0.4, 0.5) is 5.69 Å². The van der Waals surface area contributed by atoms with Crippen molar-refractivity contribution in [1.82, 2.24) is 5.32 Å². The first-order valence-corrected chi connectivity index (χ1v) is 6.89. The molecule has 0 spiro atoms. The van der Waals surface area contributed by atoms with Gasteiger partial charge in [0.15, 0.2) is 0 Å². The molecule has 3 N–H and O–H groups in total. The van der Waals surface area contributed by atoms with Crippen LogP contribution >= 0.6 is 0 Å². The molecule has 106 valence electrons. The van der Waals surface area contributed by atoms with E-state index in [1.807, 2.05) is 23.1 Å². The molecule has 0 radical (unpaired) electrons. The summed E-state index contributed by atoms with van der Waals surface area (Å²) in [6.07, 6.45) is 1.11. The van der Waals surface area contributed by atoms with Gasteiger partial charge in [0.25, 0.3) is 0 Å². The molecule has 0 heterocycles. The van der Waals surface area contributed by atoms with Gasteiger partial charge in [0, 0.05) is 18.3 Å². The van der Waals surface area contributed by atoms with E-state index in [-0.39, 0.29) is 18.5 Å². The standard InChI is InChI=1S/C15H25N3O/c1-4-9-17-10-13-7-5-6-8-14(13)18(12(2)3)11-15(16)19/h5-8,12,17H,4,9-11H2,1-3H3,(H2,16,19). The molecule has 0 fully saturated rings. The summed E-state index contributed by atoms with van der Waals surface area (Å²) in [6, 6.07) is 8.39. The number of carbonyl (C=O) groups excluding carboxylic acids is 1. The van der Waals surface area contributed by atoms with E-state index in [0.717, 1.165) is 25.2 Å². The Morgan fingerprint density at radius 1 is 1.37 bits per heavy atom. The maximum absolute atomic E-state index is 11.2. The Balaban J connectivity index is 2.91. The Hall–Kier alpha value is -1.55. The van der Waals surface area contributed by atoms with Gasteiger partial charge in [-0.05, 0) is 38.4 Å². The van der Waals surface area contributed by atoms with E-state index in [0.29, 0.717) is 0 Å². The molecule has 0 unspecified atom stereocenters. The van der Waals surface area contributed by atoms with Gasteiger partial charge >= 0.3 is 0 Å². The zero-order valence-corrected chi connectivity index (χ0v) is 12.1. The fourth-order valence-corrected chi connectivity index (χ4v) is 2.05. The fraction of sp³-hybridized carbons (Fsp3) is 0.533. The van der Waals surface area contributed by atoms with Crippen LogP contribution in [0.3, 0.4) is 0 Å². The molecule has 0 aliphatic carbocycles. The second-order valence-electron chi connectivity index (χ2n) is 4.99. The molecule has 1 amide bonds. The highest BCUT2D eigenvalue weighted by atomic mass is 16.1. The van der Waals surface area contributed by atoms with Crippen LogP contribution in [0.5, 0.6) is 0 Å². The van der Waals surface area contributed by atoms with E-state index in [9.17, 15) is 4.79 Å². The summed E-state index contributed by atoms with van der Waals surface area (Å²) in [7, 11) is 0. The second kappa shape index (κ2) is 7.79. The summed E-state index contributed by atoms with van der Waals surface area (Å²) in [5.74, 6) is -0.301. The van der Waals surface area contributed by atoms with Crippen LogP contribution in [-0.2, 0) is 11.3 Å². The van der Waals surface area contributed by atoms with Gasteiger partial charge in [0.1, 0.15) is 0 Å². The molecule has 1 aromatic rings. The molecule has 1 aromatic carbocycles. The lowest BCUT2D eigenvalue weighted by molar-refractivity contribution is -0.116. The third-order valence-electron chi connectivity index (χ3n) is 2.99. The summed E-state index contributed by atoms with van der Waals surface area (Å²) in [4.78, 5) is 13.3. The first kappa shape index (κ1) is 15.5. The molecule has 19 heavy (non-hydrogen) atoms. The topological polar surface area (TPSA) is 58.4 Å². The first-order chi connectivity index (χ1) is 9.06. The van der Waals surface area contributed by atoms with Gasteiger partial charge in [-0.25, -0.2) is 0 Å². The smallest absolute Gasteiger partial charge is 0.236 e. The predicted octanol–water partition coefficient (Wildman–Crippen LogP) is 1.89. The van der Waals surface area contributed by atoms with Gasteiger partial charge in [-0.15, -0.1) is 0 Å². The summed E-state index contributed by atoms with van der Waals surface area (Å²) >= 11 is 0. The van der Waals surface area contributed by atoms with Crippen LogP contribution in [0.2, 0.25) is 0 Å². The number of para-hydroxylation sites is 1. The number of rotatable bonds is 8. The summed E-state index contributed by atoms with van der Waals surface area (Å²) in [6.45, 7) is 8.34. The zero-order chi connectivity index (χ0) is 14.3. The number of benzene rings is 1. The number of hydrogen-bond acceptors (Lipinski definition) is 3. The Morgan fingerprint density at radius 2 is 2.05 bits per heavy atom. The number of primary amides is 1. The number of carbonyl (C=O) groups is 1. The van der Waals surface area contributed by atoms with Crippen molar-refractivity contribution in [2.75, 3.05) is 18.0 Å². The molecule has 0 bridgehead atoms. The summed E-state index contributed by atoms with van der Waals surface area (Å²) < 4.78 is 0. The van der Waals surface area contributed by atoms with Crippen LogP contribution in [0.25, 0.3) is 0 Å². The summed E-state index contributed by atoms with van der Waals surface area (Å²) in [5.41, 5.74) is 7.63. The van der Waals surface area contributed by atoms with Crippen molar-refractivity contribution in [3.63, 3.8) is 0 Å². The van der Waals surface area contributed by atoms with Crippen molar-refractivity contribution in [3.05, 3.63) is 29.8 Å². The highest BCUT2D eigenvalue weighted by molar-refractivity contribution is 5.80. The van der Waals surface area contributed by atoms with E-state index in [4.69, 9.17) is 5.73 Å². The first-order valence-electron chi connectivity index (χ1n) is 6.89. The largest absolute Gasteiger partial charge is 0.368 e. The van der Waals surface area contributed by atoms with Gasteiger partial charge in [0.2, 0.25) is 5.91 Å². The molecule has 4 heteroatoms. The maximum atomic E-state index is 11.2. The molecular formula is C15H25N3O. The molecule has 0 saturated heterocycles. The maximum Gasteiger partial charge on any atom is 0.236 e. The lowest BCUT2D eigenvalue weighted by Crippen LogP contribution is -2.39. The number of nitrogens with two attached hydrogens (primary N) is 1. The second-order valence-corrected chi connectivity index (χ2v) is 4.99. The molecule has 4 nitrogen and oxygen atoms in total. The Morgan fingerprint density at radius 3 is 2.63 bits per heavy atom. The predicted molar refractivity (Wildman–Crippen MR) is 80.1 cm³/mol. The van der Waals surface area contributed by atoms with Crippen molar-refractivity contribution in [3.8, 4) is 0 Å². The monoisotopic (exact) mass is 263 g/mol. The molecule has 0 aliphatic heterocycles. The van der Waals surface area contributed by atoms with Gasteiger partial charge in [-0.2, -0.15) is 0 Å². The molecular weight excluding hydrogens is 238 g/mol. The van der Waals surface area contributed by atoms with Crippen molar-refractivity contribution < 1.29 is 4.79 Å². The Kier molecular flexibility index (Phi) is 6.36. The minimum absolute atomic E-state index is 0.236. The number of hydrogen-bond donors (Lipinski definition) is 2. The van der Waals surface area contributed by atoms with Crippen molar-refractivity contribution in [1.29, 1.82) is 0 Å². The lowest BCUT2D eigenvalue weighted by atomic mass is 10.1. The molecule has 0 aliphatic rings. The van der Waals surface area contributed by atoms with Crippen LogP contribution in [-0.4, -0.2) is 25.0 Å². The van der Waals surface area contributed by atoms with Gasteiger partial charge in [0.05, 0.1) is 6.54 Å². The average Bonchev–Trinajstić information content (AvgIpc) is 2.36. The normalized spacial score (nSPS) is 10.7. The van der Waals surface area contributed by atoms with Gasteiger partial charge in [-0.3, -0.25) is 4.79 Å². The Labute approximate surface area is 116 Å². The Bertz CT molecular complexity index is 404. The van der Waals surface area contributed by atoms with Crippen LogP contribution in [0.15, 0.2) is 24.3 Å². The minimum atomic E-state index is -0.301. The van der Waals surface area contributed by atoms with Gasteiger partial charge < -0.3 is 16.0 Å². The number of anilines is 1. The minimum Gasteiger partial charge on any atom is -0.368 e. The SMILES string of the molecule is CCCNCc1ccccc1N(CC(N)=O)C(C)C. The van der Waals surface area contributed by atoms with Gasteiger partial charge in [-0.1, -0.05) is 25.1 Å².